The van der Waals surface area contributed by atoms with Crippen molar-refractivity contribution in [2.24, 2.45) is 5.73 Å². The summed E-state index contributed by atoms with van der Waals surface area (Å²) in [4.78, 5) is 2.81. The first-order valence-electron chi connectivity index (χ1n) is 7.20. The van der Waals surface area contributed by atoms with Crippen LogP contribution < -0.4 is 10.5 Å². The van der Waals surface area contributed by atoms with E-state index in [1.54, 1.807) is 7.11 Å². The van der Waals surface area contributed by atoms with Gasteiger partial charge in [0.05, 0.1) is 13.2 Å². The third kappa shape index (κ3) is 2.85. The van der Waals surface area contributed by atoms with Gasteiger partial charge in [-0.3, -0.25) is 0 Å². The molecule has 0 amide bonds. The van der Waals surface area contributed by atoms with Gasteiger partial charge in [0.2, 0.25) is 0 Å². The first kappa shape index (κ1) is 14.9. The van der Waals surface area contributed by atoms with Crippen LogP contribution in [0.25, 0.3) is 0 Å². The second-order valence-corrected chi connectivity index (χ2v) is 7.84. The van der Waals surface area contributed by atoms with Gasteiger partial charge < -0.3 is 10.5 Å². The van der Waals surface area contributed by atoms with Crippen molar-refractivity contribution in [1.29, 1.82) is 0 Å². The van der Waals surface area contributed by atoms with E-state index in [9.17, 15) is 0 Å². The molecule has 2 aromatic rings. The standard InChI is InChI=1S/C17H21NOS2/c1-10-6-12(7-11(2)17(10)19-3)16(18)15-8-13-9-20-5-4-14(13)21-15/h6-8,16H,4-5,9,18H2,1-3H3. The molecule has 0 aliphatic carbocycles. The predicted octanol–water partition coefficient (Wildman–Crippen LogP) is 4.21. The van der Waals surface area contributed by atoms with Crippen molar-refractivity contribution in [2.75, 3.05) is 12.9 Å². The summed E-state index contributed by atoms with van der Waals surface area (Å²) in [6, 6.07) is 6.59. The van der Waals surface area contributed by atoms with E-state index in [4.69, 9.17) is 10.5 Å². The summed E-state index contributed by atoms with van der Waals surface area (Å²) < 4.78 is 5.44. The van der Waals surface area contributed by atoms with Gasteiger partial charge in [-0.05, 0) is 54.3 Å². The van der Waals surface area contributed by atoms with E-state index >= 15 is 0 Å². The minimum Gasteiger partial charge on any atom is -0.496 e. The fraction of sp³-hybridized carbons (Fsp3) is 0.412. The fourth-order valence-electron chi connectivity index (χ4n) is 2.97. The van der Waals surface area contributed by atoms with Gasteiger partial charge in [-0.25, -0.2) is 0 Å². The number of aryl methyl sites for hydroxylation is 3. The van der Waals surface area contributed by atoms with Gasteiger partial charge in [0, 0.05) is 15.5 Å². The number of hydrogen-bond donors (Lipinski definition) is 1. The Balaban J connectivity index is 1.94. The summed E-state index contributed by atoms with van der Waals surface area (Å²) in [7, 11) is 1.72. The molecule has 2 heterocycles. The summed E-state index contributed by atoms with van der Waals surface area (Å²) in [5, 5.41) is 0. The van der Waals surface area contributed by atoms with Crippen molar-refractivity contribution >= 4 is 23.1 Å². The van der Waals surface area contributed by atoms with Crippen LogP contribution in [0.2, 0.25) is 0 Å². The number of hydrogen-bond acceptors (Lipinski definition) is 4. The Bertz CT molecular complexity index is 616. The summed E-state index contributed by atoms with van der Waals surface area (Å²) in [6.45, 7) is 4.16. The molecule has 112 valence electrons. The second-order valence-electron chi connectivity index (χ2n) is 5.57. The highest BCUT2D eigenvalue weighted by molar-refractivity contribution is 7.98. The Morgan fingerprint density at radius 3 is 2.52 bits per heavy atom. The molecule has 2 N–H and O–H groups in total. The molecule has 0 bridgehead atoms. The number of methoxy groups -OCH3 is 1. The molecule has 1 aromatic carbocycles. The Morgan fingerprint density at radius 1 is 1.19 bits per heavy atom. The lowest BCUT2D eigenvalue weighted by Gasteiger charge is -2.15. The molecular weight excluding hydrogens is 298 g/mol. The first-order valence-corrected chi connectivity index (χ1v) is 9.17. The molecule has 1 unspecified atom stereocenters. The Morgan fingerprint density at radius 2 is 1.90 bits per heavy atom. The highest BCUT2D eigenvalue weighted by Gasteiger charge is 2.19. The molecule has 1 aliphatic heterocycles. The predicted molar refractivity (Wildman–Crippen MR) is 92.7 cm³/mol. The fourth-order valence-corrected chi connectivity index (χ4v) is 5.38. The molecule has 0 fully saturated rings. The summed E-state index contributed by atoms with van der Waals surface area (Å²) >= 11 is 3.91. The zero-order valence-corrected chi connectivity index (χ0v) is 14.4. The van der Waals surface area contributed by atoms with E-state index in [0.29, 0.717) is 0 Å². The molecule has 21 heavy (non-hydrogen) atoms. The van der Waals surface area contributed by atoms with Crippen LogP contribution in [0.3, 0.4) is 0 Å². The van der Waals surface area contributed by atoms with Gasteiger partial charge in [-0.2, -0.15) is 11.8 Å². The van der Waals surface area contributed by atoms with Crippen molar-refractivity contribution in [2.45, 2.75) is 32.1 Å². The third-order valence-corrected chi connectivity index (χ3v) is 6.33. The van der Waals surface area contributed by atoms with Crippen LogP contribution in [0.4, 0.5) is 0 Å². The molecule has 4 heteroatoms. The van der Waals surface area contributed by atoms with Gasteiger partial charge in [-0.15, -0.1) is 11.3 Å². The number of ether oxygens (including phenoxy) is 1. The summed E-state index contributed by atoms with van der Waals surface area (Å²) in [6.07, 6.45) is 1.19. The normalized spacial score (nSPS) is 15.6. The molecule has 1 aromatic heterocycles. The third-order valence-electron chi connectivity index (χ3n) is 4.00. The molecule has 0 saturated heterocycles. The molecule has 1 atom stereocenters. The molecule has 0 radical (unpaired) electrons. The zero-order chi connectivity index (χ0) is 15.0. The highest BCUT2D eigenvalue weighted by Crippen LogP contribution is 2.37. The van der Waals surface area contributed by atoms with Crippen LogP contribution in [0.5, 0.6) is 5.75 Å². The van der Waals surface area contributed by atoms with E-state index in [2.05, 4.69) is 32.0 Å². The molecular formula is C17H21NOS2. The van der Waals surface area contributed by atoms with E-state index in [0.717, 1.165) is 22.6 Å². The van der Waals surface area contributed by atoms with Crippen molar-refractivity contribution in [3.05, 3.63) is 50.2 Å². The minimum absolute atomic E-state index is 0.0334. The van der Waals surface area contributed by atoms with E-state index in [-0.39, 0.29) is 6.04 Å². The van der Waals surface area contributed by atoms with Crippen molar-refractivity contribution in [3.63, 3.8) is 0 Å². The van der Waals surface area contributed by atoms with Gasteiger partial charge in [-0.1, -0.05) is 12.1 Å². The average Bonchev–Trinajstić information content (AvgIpc) is 2.90. The average molecular weight is 319 g/mol. The van der Waals surface area contributed by atoms with Gasteiger partial charge in [0.15, 0.2) is 0 Å². The van der Waals surface area contributed by atoms with Gasteiger partial charge >= 0.3 is 0 Å². The van der Waals surface area contributed by atoms with Crippen molar-refractivity contribution in [3.8, 4) is 5.75 Å². The molecule has 2 nitrogen and oxygen atoms in total. The van der Waals surface area contributed by atoms with Crippen LogP contribution in [0.1, 0.15) is 38.0 Å². The van der Waals surface area contributed by atoms with E-state index in [1.807, 2.05) is 23.1 Å². The number of thioether (sulfide) groups is 1. The molecule has 3 rings (SSSR count). The lowest BCUT2D eigenvalue weighted by molar-refractivity contribution is 0.408. The summed E-state index contributed by atoms with van der Waals surface area (Å²) in [5.41, 5.74) is 11.5. The number of thiophene rings is 1. The van der Waals surface area contributed by atoms with E-state index < -0.39 is 0 Å². The maximum atomic E-state index is 6.52. The van der Waals surface area contributed by atoms with Crippen LogP contribution >= 0.6 is 23.1 Å². The van der Waals surface area contributed by atoms with Crippen molar-refractivity contribution < 1.29 is 4.74 Å². The van der Waals surface area contributed by atoms with Gasteiger partial charge in [0.25, 0.3) is 0 Å². The number of benzene rings is 1. The maximum absolute atomic E-state index is 6.52. The largest absolute Gasteiger partial charge is 0.496 e. The first-order chi connectivity index (χ1) is 10.1. The molecule has 1 aliphatic rings. The smallest absolute Gasteiger partial charge is 0.124 e. The van der Waals surface area contributed by atoms with E-state index in [1.165, 1.54) is 33.1 Å². The number of fused-ring (bicyclic) bond motifs is 1. The Kier molecular flexibility index (Phi) is 4.29. The molecule has 0 spiro atoms. The zero-order valence-electron chi connectivity index (χ0n) is 12.7. The van der Waals surface area contributed by atoms with Crippen LogP contribution in [0, 0.1) is 13.8 Å². The Hall–Kier alpha value is -0.970. The van der Waals surface area contributed by atoms with Gasteiger partial charge in [0.1, 0.15) is 5.75 Å². The SMILES string of the molecule is COc1c(C)cc(C(N)c2cc3c(s2)CCSC3)cc1C. The van der Waals surface area contributed by atoms with Crippen molar-refractivity contribution in [1.82, 2.24) is 0 Å². The quantitative estimate of drug-likeness (QED) is 0.920. The monoisotopic (exact) mass is 319 g/mol. The second kappa shape index (κ2) is 6.03. The Labute approximate surface area is 134 Å². The molecule has 0 saturated carbocycles. The lowest BCUT2D eigenvalue weighted by atomic mass is 9.99. The number of nitrogens with two attached hydrogens (primary N) is 1. The highest BCUT2D eigenvalue weighted by atomic mass is 32.2. The van der Waals surface area contributed by atoms with Crippen LogP contribution in [0.15, 0.2) is 18.2 Å². The summed E-state index contributed by atoms with van der Waals surface area (Å²) in [5.74, 6) is 3.34. The van der Waals surface area contributed by atoms with Crippen LogP contribution in [-0.2, 0) is 12.2 Å². The maximum Gasteiger partial charge on any atom is 0.124 e. The minimum atomic E-state index is -0.0334. The lowest BCUT2D eigenvalue weighted by Crippen LogP contribution is -2.11. The topological polar surface area (TPSA) is 35.2 Å². The van der Waals surface area contributed by atoms with Crippen LogP contribution in [-0.4, -0.2) is 12.9 Å². The number of rotatable bonds is 3.